The van der Waals surface area contributed by atoms with Crippen molar-refractivity contribution >= 4 is 17.6 Å². The van der Waals surface area contributed by atoms with E-state index in [1.807, 2.05) is 0 Å². The molecule has 22 heavy (non-hydrogen) atoms. The van der Waals surface area contributed by atoms with E-state index in [4.69, 9.17) is 30.5 Å². The second kappa shape index (κ2) is 7.04. The second-order valence-corrected chi connectivity index (χ2v) is 4.69. The fraction of sp³-hybridized carbons (Fsp3) is 0.188. The zero-order valence-electron chi connectivity index (χ0n) is 12.4. The van der Waals surface area contributed by atoms with Crippen LogP contribution >= 0.6 is 11.6 Å². The van der Waals surface area contributed by atoms with Gasteiger partial charge in [0, 0.05) is 5.02 Å². The number of methoxy groups -OCH3 is 3. The number of rotatable bonds is 5. The Morgan fingerprint density at radius 3 is 1.95 bits per heavy atom. The average Bonchev–Trinajstić information content (AvgIpc) is 2.56. The van der Waals surface area contributed by atoms with E-state index < -0.39 is 5.97 Å². The van der Waals surface area contributed by atoms with Gasteiger partial charge in [-0.3, -0.25) is 0 Å². The van der Waals surface area contributed by atoms with E-state index in [0.29, 0.717) is 33.6 Å². The lowest BCUT2D eigenvalue weighted by atomic mass is 10.2. The van der Waals surface area contributed by atoms with E-state index in [0.717, 1.165) is 0 Å². The normalized spacial score (nSPS) is 10.0. The van der Waals surface area contributed by atoms with Crippen LogP contribution in [0.5, 0.6) is 23.0 Å². The Labute approximate surface area is 133 Å². The van der Waals surface area contributed by atoms with E-state index in [1.54, 1.807) is 24.3 Å². The summed E-state index contributed by atoms with van der Waals surface area (Å²) < 4.78 is 21.0. The summed E-state index contributed by atoms with van der Waals surface area (Å²) in [5.41, 5.74) is 0.305. The number of benzene rings is 2. The number of esters is 1. The highest BCUT2D eigenvalue weighted by molar-refractivity contribution is 6.30. The van der Waals surface area contributed by atoms with Gasteiger partial charge in [-0.15, -0.1) is 0 Å². The van der Waals surface area contributed by atoms with Crippen LogP contribution in [0.25, 0.3) is 0 Å². The largest absolute Gasteiger partial charge is 0.493 e. The van der Waals surface area contributed by atoms with Crippen molar-refractivity contribution in [1.29, 1.82) is 0 Å². The van der Waals surface area contributed by atoms with Crippen LogP contribution in [0, 0.1) is 0 Å². The van der Waals surface area contributed by atoms with Gasteiger partial charge in [0.2, 0.25) is 5.75 Å². The molecular formula is C16H15ClO5. The summed E-state index contributed by atoms with van der Waals surface area (Å²) in [6, 6.07) is 9.90. The number of halogens is 1. The highest BCUT2D eigenvalue weighted by atomic mass is 35.5. The third kappa shape index (κ3) is 3.43. The van der Waals surface area contributed by atoms with Crippen molar-refractivity contribution in [3.05, 3.63) is 47.0 Å². The van der Waals surface area contributed by atoms with Gasteiger partial charge in [-0.1, -0.05) is 11.6 Å². The molecule has 2 rings (SSSR count). The van der Waals surface area contributed by atoms with Gasteiger partial charge in [-0.05, 0) is 36.4 Å². The van der Waals surface area contributed by atoms with Crippen LogP contribution in [-0.4, -0.2) is 27.3 Å². The first-order valence-corrected chi connectivity index (χ1v) is 6.74. The Morgan fingerprint density at radius 1 is 0.955 bits per heavy atom. The van der Waals surface area contributed by atoms with Gasteiger partial charge in [0.1, 0.15) is 5.75 Å². The summed E-state index contributed by atoms with van der Waals surface area (Å²) in [6.45, 7) is 0. The third-order valence-corrected chi connectivity index (χ3v) is 3.17. The first-order chi connectivity index (χ1) is 10.6. The molecule has 0 bridgehead atoms. The SMILES string of the molecule is COC(=O)c1cc(OC)c(Oc2ccc(Cl)cc2)c(OC)c1. The molecule has 0 amide bonds. The zero-order valence-corrected chi connectivity index (χ0v) is 13.1. The molecule has 0 aliphatic rings. The van der Waals surface area contributed by atoms with Crippen molar-refractivity contribution < 1.29 is 23.7 Å². The van der Waals surface area contributed by atoms with Gasteiger partial charge >= 0.3 is 5.97 Å². The molecule has 0 fully saturated rings. The summed E-state index contributed by atoms with van der Waals surface area (Å²) in [6.07, 6.45) is 0. The van der Waals surface area contributed by atoms with E-state index in [-0.39, 0.29) is 0 Å². The summed E-state index contributed by atoms with van der Waals surface area (Å²) in [5, 5.41) is 0.604. The predicted molar refractivity (Wildman–Crippen MR) is 82.4 cm³/mol. The van der Waals surface area contributed by atoms with E-state index in [2.05, 4.69) is 0 Å². The van der Waals surface area contributed by atoms with Gasteiger partial charge in [0.15, 0.2) is 11.5 Å². The number of carbonyl (C=O) groups excluding carboxylic acids is 1. The van der Waals surface area contributed by atoms with Crippen molar-refractivity contribution in [3.8, 4) is 23.0 Å². The Bertz CT molecular complexity index is 642. The Kier molecular flexibility index (Phi) is 5.12. The van der Waals surface area contributed by atoms with Gasteiger partial charge in [0.25, 0.3) is 0 Å². The lowest BCUT2D eigenvalue weighted by Crippen LogP contribution is -2.03. The highest BCUT2D eigenvalue weighted by Gasteiger charge is 2.18. The van der Waals surface area contributed by atoms with E-state index >= 15 is 0 Å². The minimum Gasteiger partial charge on any atom is -0.493 e. The molecule has 0 aliphatic carbocycles. The van der Waals surface area contributed by atoms with Crippen molar-refractivity contribution in [2.75, 3.05) is 21.3 Å². The molecule has 0 radical (unpaired) electrons. The molecule has 0 heterocycles. The molecule has 0 N–H and O–H groups in total. The van der Waals surface area contributed by atoms with E-state index in [1.165, 1.54) is 33.5 Å². The first-order valence-electron chi connectivity index (χ1n) is 6.36. The molecule has 5 nitrogen and oxygen atoms in total. The molecule has 0 atom stereocenters. The molecule has 116 valence electrons. The Hall–Kier alpha value is -2.40. The summed E-state index contributed by atoms with van der Waals surface area (Å²) in [7, 11) is 4.26. The second-order valence-electron chi connectivity index (χ2n) is 4.26. The van der Waals surface area contributed by atoms with Crippen LogP contribution in [0.4, 0.5) is 0 Å². The van der Waals surface area contributed by atoms with Gasteiger partial charge < -0.3 is 18.9 Å². The Balaban J connectivity index is 2.44. The van der Waals surface area contributed by atoms with E-state index in [9.17, 15) is 4.79 Å². The van der Waals surface area contributed by atoms with Crippen molar-refractivity contribution in [2.24, 2.45) is 0 Å². The topological polar surface area (TPSA) is 54.0 Å². The number of ether oxygens (including phenoxy) is 4. The van der Waals surface area contributed by atoms with Gasteiger partial charge in [-0.2, -0.15) is 0 Å². The fourth-order valence-corrected chi connectivity index (χ4v) is 1.96. The number of hydrogen-bond donors (Lipinski definition) is 0. The molecule has 0 saturated heterocycles. The molecule has 0 aliphatic heterocycles. The van der Waals surface area contributed by atoms with Crippen LogP contribution in [0.1, 0.15) is 10.4 Å². The molecule has 6 heteroatoms. The average molecular weight is 323 g/mol. The van der Waals surface area contributed by atoms with Crippen LogP contribution in [0.3, 0.4) is 0 Å². The smallest absolute Gasteiger partial charge is 0.338 e. The molecule has 0 aromatic heterocycles. The fourth-order valence-electron chi connectivity index (χ4n) is 1.84. The van der Waals surface area contributed by atoms with Crippen LogP contribution in [0.2, 0.25) is 5.02 Å². The lowest BCUT2D eigenvalue weighted by Gasteiger charge is -2.15. The van der Waals surface area contributed by atoms with Crippen molar-refractivity contribution in [3.63, 3.8) is 0 Å². The standard InChI is InChI=1S/C16H15ClO5/c1-19-13-8-10(16(18)21-3)9-14(20-2)15(13)22-12-6-4-11(17)5-7-12/h4-9H,1-3H3. The van der Waals surface area contributed by atoms with Gasteiger partial charge in [-0.25, -0.2) is 4.79 Å². The maximum Gasteiger partial charge on any atom is 0.338 e. The quantitative estimate of drug-likeness (QED) is 0.780. The maximum atomic E-state index is 11.7. The minimum absolute atomic E-state index is 0.305. The summed E-state index contributed by atoms with van der Waals surface area (Å²) >= 11 is 5.85. The third-order valence-electron chi connectivity index (χ3n) is 2.92. The minimum atomic E-state index is -0.491. The molecule has 2 aromatic carbocycles. The van der Waals surface area contributed by atoms with Crippen LogP contribution in [-0.2, 0) is 4.74 Å². The van der Waals surface area contributed by atoms with Crippen LogP contribution in [0.15, 0.2) is 36.4 Å². The predicted octanol–water partition coefficient (Wildman–Crippen LogP) is 3.94. The monoisotopic (exact) mass is 322 g/mol. The first kappa shape index (κ1) is 16.0. The summed E-state index contributed by atoms with van der Waals surface area (Å²) in [4.78, 5) is 11.7. The summed E-state index contributed by atoms with van der Waals surface area (Å²) in [5.74, 6) is 1.14. The Morgan fingerprint density at radius 2 is 1.50 bits per heavy atom. The molecular weight excluding hydrogens is 308 g/mol. The zero-order chi connectivity index (χ0) is 16.1. The van der Waals surface area contributed by atoms with Crippen molar-refractivity contribution in [2.45, 2.75) is 0 Å². The van der Waals surface area contributed by atoms with Crippen molar-refractivity contribution in [1.82, 2.24) is 0 Å². The molecule has 0 spiro atoms. The number of carbonyl (C=O) groups is 1. The van der Waals surface area contributed by atoms with Crippen LogP contribution < -0.4 is 14.2 Å². The van der Waals surface area contributed by atoms with Gasteiger partial charge in [0.05, 0.1) is 26.9 Å². The molecule has 0 unspecified atom stereocenters. The lowest BCUT2D eigenvalue weighted by molar-refractivity contribution is 0.0600. The molecule has 2 aromatic rings. The molecule has 0 saturated carbocycles. The number of hydrogen-bond acceptors (Lipinski definition) is 5. The highest BCUT2D eigenvalue weighted by Crippen LogP contribution is 2.41. The maximum absolute atomic E-state index is 11.7.